The van der Waals surface area contributed by atoms with E-state index in [1.807, 2.05) is 66.9 Å². The highest BCUT2D eigenvalue weighted by Crippen LogP contribution is 2.25. The summed E-state index contributed by atoms with van der Waals surface area (Å²) < 4.78 is 12.4. The van der Waals surface area contributed by atoms with Gasteiger partial charge in [-0.25, -0.2) is 4.68 Å². The van der Waals surface area contributed by atoms with Crippen molar-refractivity contribution in [1.82, 2.24) is 25.3 Å². The first-order valence-corrected chi connectivity index (χ1v) is 13.6. The van der Waals surface area contributed by atoms with E-state index in [-0.39, 0.29) is 11.6 Å². The predicted octanol–water partition coefficient (Wildman–Crippen LogP) is 3.77. The zero-order chi connectivity index (χ0) is 28.4. The summed E-state index contributed by atoms with van der Waals surface area (Å²) in [4.78, 5) is 29.0. The number of methoxy groups -OCH3 is 1. The lowest BCUT2D eigenvalue weighted by Crippen LogP contribution is -2.42. The number of amides is 2. The topological polar surface area (TPSA) is 97.7 Å². The molecule has 0 spiro atoms. The molecule has 0 radical (unpaired) electrons. The Kier molecular flexibility index (Phi) is 9.20. The van der Waals surface area contributed by atoms with Crippen LogP contribution >= 0.6 is 0 Å². The summed E-state index contributed by atoms with van der Waals surface area (Å²) in [6.45, 7) is 4.15. The number of carbonyl (C=O) groups excluding carboxylic acids is 2. The van der Waals surface area contributed by atoms with Gasteiger partial charge < -0.3 is 20.1 Å². The monoisotopic (exact) mass is 551 g/mol. The van der Waals surface area contributed by atoms with Crippen LogP contribution in [0.25, 0.3) is 23.0 Å². The van der Waals surface area contributed by atoms with Crippen LogP contribution in [0.1, 0.15) is 15.9 Å². The lowest BCUT2D eigenvalue weighted by Gasteiger charge is -2.26. The summed E-state index contributed by atoms with van der Waals surface area (Å²) in [7, 11) is 1.57. The summed E-state index contributed by atoms with van der Waals surface area (Å²) >= 11 is 0. The Labute approximate surface area is 239 Å². The second kappa shape index (κ2) is 13.6. The van der Waals surface area contributed by atoms with Crippen molar-refractivity contribution < 1.29 is 19.1 Å². The van der Waals surface area contributed by atoms with Crippen molar-refractivity contribution in [1.29, 1.82) is 0 Å². The standard InChI is InChI=1S/C32H33N5O4/c1-40-28-14-12-25(13-15-28)31(38)34-29(32(39)33-16-17-36-18-20-41-21-19-36)22-26-23-37(27-10-6-3-7-11-27)35-30(26)24-8-4-2-5-9-24/h2-15,22-23H,16-21H2,1H3,(H,33,39)(H,34,38)/b29-22-. The Morgan fingerprint density at radius 1 is 0.951 bits per heavy atom. The molecule has 210 valence electrons. The average molecular weight is 552 g/mol. The van der Waals surface area contributed by atoms with E-state index in [9.17, 15) is 9.59 Å². The van der Waals surface area contributed by atoms with E-state index in [4.69, 9.17) is 14.6 Å². The third kappa shape index (κ3) is 7.27. The predicted molar refractivity (Wildman–Crippen MR) is 158 cm³/mol. The number of rotatable bonds is 10. The molecule has 4 aromatic rings. The number of aromatic nitrogens is 2. The summed E-state index contributed by atoms with van der Waals surface area (Å²) in [5.41, 5.74) is 3.67. The van der Waals surface area contributed by atoms with Gasteiger partial charge in [0.2, 0.25) is 0 Å². The Morgan fingerprint density at radius 2 is 1.63 bits per heavy atom. The van der Waals surface area contributed by atoms with Gasteiger partial charge in [-0.2, -0.15) is 5.10 Å². The first-order chi connectivity index (χ1) is 20.1. The third-order valence-corrected chi connectivity index (χ3v) is 6.77. The first-order valence-electron chi connectivity index (χ1n) is 13.6. The summed E-state index contributed by atoms with van der Waals surface area (Å²) in [5.74, 6) is -0.149. The van der Waals surface area contributed by atoms with E-state index >= 15 is 0 Å². The minimum atomic E-state index is -0.404. The maximum atomic E-state index is 13.5. The van der Waals surface area contributed by atoms with E-state index < -0.39 is 5.91 Å². The Morgan fingerprint density at radius 3 is 2.32 bits per heavy atom. The number of benzene rings is 3. The molecule has 2 heterocycles. The number of hydrogen-bond donors (Lipinski definition) is 2. The quantitative estimate of drug-likeness (QED) is 0.291. The molecule has 0 unspecified atom stereocenters. The molecule has 0 aliphatic carbocycles. The fourth-order valence-electron chi connectivity index (χ4n) is 4.52. The minimum absolute atomic E-state index is 0.123. The molecule has 2 N–H and O–H groups in total. The number of ether oxygens (including phenoxy) is 2. The highest BCUT2D eigenvalue weighted by molar-refractivity contribution is 6.05. The van der Waals surface area contributed by atoms with Crippen molar-refractivity contribution in [3.05, 3.63) is 108 Å². The molecule has 41 heavy (non-hydrogen) atoms. The van der Waals surface area contributed by atoms with Crippen molar-refractivity contribution in [2.24, 2.45) is 0 Å². The van der Waals surface area contributed by atoms with Gasteiger partial charge in [0, 0.05) is 49.1 Å². The van der Waals surface area contributed by atoms with Crippen molar-refractivity contribution in [2.45, 2.75) is 0 Å². The summed E-state index contributed by atoms with van der Waals surface area (Å²) in [5, 5.41) is 10.6. The number of morpholine rings is 1. The zero-order valence-electron chi connectivity index (χ0n) is 23.0. The fourth-order valence-corrected chi connectivity index (χ4v) is 4.52. The van der Waals surface area contributed by atoms with E-state index in [1.165, 1.54) is 0 Å². The molecule has 1 aliphatic rings. The number of para-hydroxylation sites is 1. The van der Waals surface area contributed by atoms with Crippen LogP contribution in [-0.4, -0.2) is 73.0 Å². The van der Waals surface area contributed by atoms with Crippen LogP contribution in [0, 0.1) is 0 Å². The highest BCUT2D eigenvalue weighted by Gasteiger charge is 2.19. The number of carbonyl (C=O) groups is 2. The molecule has 0 bridgehead atoms. The smallest absolute Gasteiger partial charge is 0.267 e. The molecule has 0 atom stereocenters. The van der Waals surface area contributed by atoms with Gasteiger partial charge in [-0.15, -0.1) is 0 Å². The van der Waals surface area contributed by atoms with Crippen LogP contribution in [0.5, 0.6) is 5.75 Å². The lowest BCUT2D eigenvalue weighted by molar-refractivity contribution is -0.117. The molecular weight excluding hydrogens is 518 g/mol. The number of nitrogens with one attached hydrogen (secondary N) is 2. The molecule has 3 aromatic carbocycles. The number of nitrogens with zero attached hydrogens (tertiary/aromatic N) is 3. The fraction of sp³-hybridized carbons (Fsp3) is 0.219. The molecule has 5 rings (SSSR count). The molecule has 2 amide bonds. The molecule has 1 aliphatic heterocycles. The van der Waals surface area contributed by atoms with Crippen LogP contribution in [-0.2, 0) is 9.53 Å². The Hall–Kier alpha value is -4.73. The van der Waals surface area contributed by atoms with E-state index in [2.05, 4.69) is 15.5 Å². The van der Waals surface area contributed by atoms with E-state index in [0.717, 1.165) is 24.3 Å². The summed E-state index contributed by atoms with van der Waals surface area (Å²) in [6, 6.07) is 26.2. The molecule has 0 saturated carbocycles. The second-order valence-corrected chi connectivity index (χ2v) is 9.53. The molecule has 9 nitrogen and oxygen atoms in total. The Bertz CT molecular complexity index is 1480. The summed E-state index contributed by atoms with van der Waals surface area (Å²) in [6.07, 6.45) is 3.54. The number of hydrogen-bond acceptors (Lipinski definition) is 6. The second-order valence-electron chi connectivity index (χ2n) is 9.53. The van der Waals surface area contributed by atoms with E-state index in [0.29, 0.717) is 48.9 Å². The molecule has 1 aromatic heterocycles. The van der Waals surface area contributed by atoms with Crippen molar-refractivity contribution >= 4 is 17.9 Å². The Balaban J connectivity index is 1.46. The first kappa shape index (κ1) is 27.8. The minimum Gasteiger partial charge on any atom is -0.497 e. The third-order valence-electron chi connectivity index (χ3n) is 6.77. The maximum Gasteiger partial charge on any atom is 0.267 e. The van der Waals surface area contributed by atoms with E-state index in [1.54, 1.807) is 42.1 Å². The van der Waals surface area contributed by atoms with Crippen molar-refractivity contribution in [3.63, 3.8) is 0 Å². The van der Waals surface area contributed by atoms with Gasteiger partial charge in [-0.1, -0.05) is 48.5 Å². The molecule has 1 fully saturated rings. The molecule has 1 saturated heterocycles. The SMILES string of the molecule is COc1ccc(C(=O)N/C(=C\c2cn(-c3ccccc3)nc2-c2ccccc2)C(=O)NCCN2CCOCC2)cc1. The van der Waals surface area contributed by atoms with Gasteiger partial charge in [-0.05, 0) is 42.5 Å². The highest BCUT2D eigenvalue weighted by atomic mass is 16.5. The zero-order valence-corrected chi connectivity index (χ0v) is 23.0. The van der Waals surface area contributed by atoms with Gasteiger partial charge >= 0.3 is 0 Å². The van der Waals surface area contributed by atoms with Crippen LogP contribution < -0.4 is 15.4 Å². The van der Waals surface area contributed by atoms with Crippen molar-refractivity contribution in [3.8, 4) is 22.7 Å². The lowest BCUT2D eigenvalue weighted by atomic mass is 10.1. The van der Waals surface area contributed by atoms with Crippen LogP contribution in [0.3, 0.4) is 0 Å². The molecule has 9 heteroatoms. The maximum absolute atomic E-state index is 13.5. The largest absolute Gasteiger partial charge is 0.497 e. The van der Waals surface area contributed by atoms with Crippen molar-refractivity contribution in [2.75, 3.05) is 46.5 Å². The van der Waals surface area contributed by atoms with Gasteiger partial charge in [-0.3, -0.25) is 14.5 Å². The normalized spacial score (nSPS) is 13.9. The average Bonchev–Trinajstić information content (AvgIpc) is 3.46. The van der Waals surface area contributed by atoms with Gasteiger partial charge in [0.05, 0.1) is 26.0 Å². The van der Waals surface area contributed by atoms with Crippen LogP contribution in [0.2, 0.25) is 0 Å². The van der Waals surface area contributed by atoms with Crippen LogP contribution in [0.15, 0.2) is 96.8 Å². The van der Waals surface area contributed by atoms with Gasteiger partial charge in [0.25, 0.3) is 11.8 Å². The van der Waals surface area contributed by atoms with Gasteiger partial charge in [0.1, 0.15) is 17.1 Å². The van der Waals surface area contributed by atoms with Gasteiger partial charge in [0.15, 0.2) is 0 Å². The molecular formula is C32H33N5O4. The van der Waals surface area contributed by atoms with Crippen LogP contribution in [0.4, 0.5) is 0 Å².